The molecule has 0 saturated heterocycles. The van der Waals surface area contributed by atoms with Gasteiger partial charge in [-0.3, -0.25) is 0 Å². The minimum absolute atomic E-state index is 0.0111. The molecule has 0 spiro atoms. The van der Waals surface area contributed by atoms with Gasteiger partial charge in [-0.2, -0.15) is 0 Å². The van der Waals surface area contributed by atoms with Crippen molar-refractivity contribution in [3.63, 3.8) is 0 Å². The molecule has 0 aliphatic rings. The maximum Gasteiger partial charge on any atom is 0.331 e. The Balaban J connectivity index is 1.93. The van der Waals surface area contributed by atoms with Crippen LogP contribution in [0.4, 0.5) is 0 Å². The number of benzene rings is 1. The van der Waals surface area contributed by atoms with Gasteiger partial charge < -0.3 is 14.6 Å². The average Bonchev–Trinajstić information content (AvgIpc) is 3.06. The molecular weight excluding hydrogens is 334 g/mol. The largest absolute Gasteiger partial charge is 0.475 e. The van der Waals surface area contributed by atoms with E-state index in [9.17, 15) is 9.90 Å². The molecule has 1 aromatic heterocycles. The maximum absolute atomic E-state index is 12.5. The van der Waals surface area contributed by atoms with Gasteiger partial charge in [0.15, 0.2) is 6.04 Å². The van der Waals surface area contributed by atoms with E-state index in [0.717, 1.165) is 12.0 Å². The molecule has 0 bridgehead atoms. The molecule has 0 saturated carbocycles. The zero-order valence-electron chi connectivity index (χ0n) is 15.5. The lowest BCUT2D eigenvalue weighted by molar-refractivity contribution is -0.151. The smallest absolute Gasteiger partial charge is 0.331 e. The Morgan fingerprint density at radius 2 is 1.96 bits per heavy atom. The quantitative estimate of drug-likeness (QED) is 0.517. The predicted molar refractivity (Wildman–Crippen MR) is 96.5 cm³/mol. The molecule has 0 radical (unpaired) electrons. The number of ether oxygens (including phenoxy) is 2. The lowest BCUT2D eigenvalue weighted by Crippen LogP contribution is -2.27. The number of carbonyl (C=O) groups excluding carboxylic acids is 1. The van der Waals surface area contributed by atoms with Crippen molar-refractivity contribution in [1.29, 1.82) is 0 Å². The first-order chi connectivity index (χ1) is 12.5. The van der Waals surface area contributed by atoms with Crippen molar-refractivity contribution >= 4 is 5.97 Å². The maximum atomic E-state index is 12.5. The number of aliphatic hydroxyl groups excluding tert-OH is 1. The third kappa shape index (κ3) is 6.15. The third-order valence-corrected chi connectivity index (χ3v) is 3.89. The predicted octanol–water partition coefficient (Wildman–Crippen LogP) is 2.76. The zero-order chi connectivity index (χ0) is 18.9. The first-order valence-corrected chi connectivity index (χ1v) is 8.90. The fraction of sp³-hybridized carbons (Fsp3) is 0.526. The molecule has 26 heavy (non-hydrogen) atoms. The molecule has 1 unspecified atom stereocenters. The molecule has 0 aliphatic heterocycles. The van der Waals surface area contributed by atoms with Crippen LogP contribution in [-0.2, 0) is 16.1 Å². The number of aliphatic hydroxyl groups is 1. The van der Waals surface area contributed by atoms with Crippen molar-refractivity contribution in [1.82, 2.24) is 15.0 Å². The van der Waals surface area contributed by atoms with Gasteiger partial charge in [0.25, 0.3) is 5.88 Å². The monoisotopic (exact) mass is 361 g/mol. The van der Waals surface area contributed by atoms with Crippen LogP contribution in [0.5, 0.6) is 5.88 Å². The highest BCUT2D eigenvalue weighted by Crippen LogP contribution is 2.21. The third-order valence-electron chi connectivity index (χ3n) is 3.89. The van der Waals surface area contributed by atoms with E-state index < -0.39 is 6.04 Å². The number of rotatable bonds is 10. The second-order valence-corrected chi connectivity index (χ2v) is 6.66. The summed E-state index contributed by atoms with van der Waals surface area (Å²) in [6.07, 6.45) is 2.64. The molecule has 2 rings (SSSR count). The van der Waals surface area contributed by atoms with Crippen LogP contribution in [0.15, 0.2) is 36.5 Å². The molecule has 0 amide bonds. The van der Waals surface area contributed by atoms with Gasteiger partial charge >= 0.3 is 5.97 Å². The van der Waals surface area contributed by atoms with Crippen LogP contribution in [0, 0.1) is 5.92 Å². The Morgan fingerprint density at radius 3 is 2.62 bits per heavy atom. The number of hydrogen-bond donors (Lipinski definition) is 1. The van der Waals surface area contributed by atoms with Gasteiger partial charge in [-0.05, 0) is 31.2 Å². The minimum Gasteiger partial charge on any atom is -0.475 e. The number of esters is 1. The average molecular weight is 361 g/mol. The number of hydrogen-bond acceptors (Lipinski definition) is 6. The molecule has 0 aliphatic carbocycles. The van der Waals surface area contributed by atoms with Gasteiger partial charge in [0.1, 0.15) is 6.61 Å². The normalized spacial score (nSPS) is 13.4. The Morgan fingerprint density at radius 1 is 1.23 bits per heavy atom. The molecule has 7 heteroatoms. The Labute approximate surface area is 153 Å². The Bertz CT molecular complexity index is 670. The minimum atomic E-state index is -0.568. The van der Waals surface area contributed by atoms with Crippen LogP contribution in [0.3, 0.4) is 0 Å². The summed E-state index contributed by atoms with van der Waals surface area (Å²) in [6.45, 7) is 6.26. The zero-order valence-corrected chi connectivity index (χ0v) is 15.5. The summed E-state index contributed by atoms with van der Waals surface area (Å²) in [5.41, 5.74) is 0.934. The lowest BCUT2D eigenvalue weighted by Gasteiger charge is -2.19. The summed E-state index contributed by atoms with van der Waals surface area (Å²) in [4.78, 5) is 12.5. The topological polar surface area (TPSA) is 86.5 Å². The summed E-state index contributed by atoms with van der Waals surface area (Å²) in [6, 6.07) is 8.98. The molecule has 7 nitrogen and oxygen atoms in total. The number of carbonyl (C=O) groups is 1. The summed E-state index contributed by atoms with van der Waals surface area (Å²) in [5, 5.41) is 17.2. The molecule has 0 fully saturated rings. The van der Waals surface area contributed by atoms with Crippen molar-refractivity contribution in [2.45, 2.75) is 52.4 Å². The fourth-order valence-corrected chi connectivity index (χ4v) is 2.52. The van der Waals surface area contributed by atoms with Crippen LogP contribution < -0.4 is 4.74 Å². The fourth-order valence-electron chi connectivity index (χ4n) is 2.52. The molecule has 142 valence electrons. The summed E-state index contributed by atoms with van der Waals surface area (Å²) in [5.74, 6) is -0.00503. The van der Waals surface area contributed by atoms with E-state index in [-0.39, 0.29) is 24.6 Å². The Kier molecular flexibility index (Phi) is 7.59. The van der Waals surface area contributed by atoms with Crippen LogP contribution in [0.25, 0.3) is 0 Å². The molecule has 2 atom stereocenters. The first kappa shape index (κ1) is 19.9. The van der Waals surface area contributed by atoms with E-state index >= 15 is 0 Å². The second kappa shape index (κ2) is 9.91. The second-order valence-electron chi connectivity index (χ2n) is 6.66. The van der Waals surface area contributed by atoms with Crippen molar-refractivity contribution in [2.24, 2.45) is 5.92 Å². The van der Waals surface area contributed by atoms with E-state index in [0.29, 0.717) is 18.9 Å². The highest BCUT2D eigenvalue weighted by molar-refractivity contribution is 5.74. The lowest BCUT2D eigenvalue weighted by atomic mass is 10.1. The van der Waals surface area contributed by atoms with Gasteiger partial charge in [0.2, 0.25) is 0 Å². The molecule has 1 N–H and O–H groups in total. The molecule has 2 aromatic rings. The van der Waals surface area contributed by atoms with Gasteiger partial charge in [0, 0.05) is 0 Å². The van der Waals surface area contributed by atoms with Gasteiger partial charge in [0.05, 0.1) is 18.9 Å². The molecule has 1 heterocycles. The number of aromatic nitrogens is 3. The number of nitrogens with zero attached hydrogens (tertiary/aromatic N) is 3. The summed E-state index contributed by atoms with van der Waals surface area (Å²) >= 11 is 0. The standard InChI is InChI=1S/C19H27N3O4/c1-14(2)18(19(24)26-13-16-9-5-4-6-10-16)22-12-17(20-21-22)25-11-7-8-15(3)23/h4-6,9-10,12,14-15,18,23H,7-8,11,13H2,1-3H3/t15?,18-/m0/s1. The van der Waals surface area contributed by atoms with Crippen LogP contribution in [0.1, 0.15) is 45.2 Å². The van der Waals surface area contributed by atoms with Crippen LogP contribution in [0.2, 0.25) is 0 Å². The van der Waals surface area contributed by atoms with E-state index in [4.69, 9.17) is 9.47 Å². The van der Waals surface area contributed by atoms with Crippen LogP contribution in [-0.4, -0.2) is 38.8 Å². The summed E-state index contributed by atoms with van der Waals surface area (Å²) < 4.78 is 12.5. The van der Waals surface area contributed by atoms with E-state index in [2.05, 4.69) is 10.3 Å². The van der Waals surface area contributed by atoms with Crippen molar-refractivity contribution in [3.05, 3.63) is 42.1 Å². The van der Waals surface area contributed by atoms with Crippen LogP contribution >= 0.6 is 0 Å². The Hall–Kier alpha value is -2.41. The molecule has 1 aromatic carbocycles. The SMILES string of the molecule is CC(O)CCCOc1cn([C@H](C(=O)OCc2ccccc2)C(C)C)nn1. The first-order valence-electron chi connectivity index (χ1n) is 8.90. The summed E-state index contributed by atoms with van der Waals surface area (Å²) in [7, 11) is 0. The van der Waals surface area contributed by atoms with E-state index in [1.54, 1.807) is 13.1 Å². The highest BCUT2D eigenvalue weighted by atomic mass is 16.5. The highest BCUT2D eigenvalue weighted by Gasteiger charge is 2.27. The van der Waals surface area contributed by atoms with E-state index in [1.807, 2.05) is 44.2 Å². The van der Waals surface area contributed by atoms with Gasteiger partial charge in [-0.15, -0.1) is 0 Å². The van der Waals surface area contributed by atoms with Gasteiger partial charge in [-0.25, -0.2) is 9.48 Å². The van der Waals surface area contributed by atoms with E-state index in [1.165, 1.54) is 4.68 Å². The van der Waals surface area contributed by atoms with Crippen molar-refractivity contribution in [3.8, 4) is 5.88 Å². The molecular formula is C19H27N3O4. The van der Waals surface area contributed by atoms with Gasteiger partial charge in [-0.1, -0.05) is 54.5 Å². The van der Waals surface area contributed by atoms with Crippen molar-refractivity contribution in [2.75, 3.05) is 6.61 Å². The van der Waals surface area contributed by atoms with Crippen molar-refractivity contribution < 1.29 is 19.4 Å².